The second kappa shape index (κ2) is 15.4. The van der Waals surface area contributed by atoms with E-state index in [0.29, 0.717) is 6.42 Å². The monoisotopic (exact) mass is 607 g/mol. The number of rotatable bonds is 13. The minimum absolute atomic E-state index is 0.0458. The highest BCUT2D eigenvalue weighted by Gasteiger charge is 2.38. The van der Waals surface area contributed by atoms with Crippen molar-refractivity contribution in [2.75, 3.05) is 6.54 Å². The third kappa shape index (κ3) is 8.63. The van der Waals surface area contributed by atoms with Crippen LogP contribution in [-0.4, -0.2) is 45.5 Å². The van der Waals surface area contributed by atoms with Gasteiger partial charge in [-0.1, -0.05) is 84.9 Å². The number of nitrogens with two attached hydrogens (primary N) is 2. The number of nitrogens with zero attached hydrogens (tertiary/aromatic N) is 2. The lowest BCUT2D eigenvalue weighted by Gasteiger charge is -2.39. The zero-order chi connectivity index (χ0) is 32.3. The molecular weight excluding hydrogens is 566 g/mol. The molecule has 4 rings (SSSR count). The number of guanidine groups is 1. The first-order chi connectivity index (χ1) is 21.7. The van der Waals surface area contributed by atoms with Gasteiger partial charge in [-0.25, -0.2) is 0 Å². The Hall–Kier alpha value is -5.31. The molecule has 0 saturated heterocycles. The topological polar surface area (TPSA) is 154 Å². The number of aliphatic imine (C=N–C) groups is 1. The number of phenols is 2. The van der Waals surface area contributed by atoms with E-state index < -0.39 is 24.0 Å². The summed E-state index contributed by atoms with van der Waals surface area (Å²) in [6, 6.07) is 30.5. The van der Waals surface area contributed by atoms with Crippen molar-refractivity contribution in [1.82, 2.24) is 10.2 Å². The van der Waals surface area contributed by atoms with Crippen molar-refractivity contribution in [2.24, 2.45) is 16.5 Å². The van der Waals surface area contributed by atoms with Gasteiger partial charge in [-0.05, 0) is 73.2 Å². The Morgan fingerprint density at radius 3 is 1.71 bits per heavy atom. The second-order valence-electron chi connectivity index (χ2n) is 11.1. The Kier molecular flexibility index (Phi) is 11.2. The predicted molar refractivity (Wildman–Crippen MR) is 176 cm³/mol. The number of hydrogen-bond acceptors (Lipinski definition) is 5. The average Bonchev–Trinajstić information content (AvgIpc) is 3.04. The van der Waals surface area contributed by atoms with E-state index in [1.165, 1.54) is 0 Å². The molecule has 7 N–H and O–H groups in total. The van der Waals surface area contributed by atoms with Crippen LogP contribution in [0, 0.1) is 0 Å². The molecule has 4 aromatic carbocycles. The summed E-state index contributed by atoms with van der Waals surface area (Å²) in [7, 11) is 0. The fraction of sp³-hybridized carbons (Fsp3) is 0.250. The van der Waals surface area contributed by atoms with Crippen molar-refractivity contribution in [2.45, 2.75) is 50.7 Å². The van der Waals surface area contributed by atoms with Gasteiger partial charge in [0.05, 0.1) is 18.0 Å². The Bertz CT molecular complexity index is 1520. The van der Waals surface area contributed by atoms with Gasteiger partial charge < -0.3 is 31.9 Å². The predicted octanol–water partition coefficient (Wildman–Crippen LogP) is 5.12. The van der Waals surface area contributed by atoms with E-state index in [9.17, 15) is 15.0 Å². The molecule has 4 aromatic rings. The Balaban J connectivity index is 1.80. The van der Waals surface area contributed by atoms with Gasteiger partial charge >= 0.3 is 0 Å². The largest absolute Gasteiger partial charge is 0.508 e. The molecule has 0 bridgehead atoms. The van der Waals surface area contributed by atoms with Gasteiger partial charge in [0.25, 0.3) is 0 Å². The van der Waals surface area contributed by atoms with Crippen LogP contribution in [0.5, 0.6) is 11.5 Å². The number of amides is 2. The Morgan fingerprint density at radius 1 is 0.733 bits per heavy atom. The van der Waals surface area contributed by atoms with Crippen LogP contribution in [0.25, 0.3) is 0 Å². The summed E-state index contributed by atoms with van der Waals surface area (Å²) in [5, 5.41) is 22.8. The molecule has 0 aliphatic rings. The number of aromatic hydroxyl groups is 2. The zero-order valence-electron chi connectivity index (χ0n) is 25.6. The quantitative estimate of drug-likeness (QED) is 0.0808. The SMILES string of the molecule is CC(NC(=O)[C@@H](CCCN=C(N)N)N(C(=O)C(c1ccccc1)c1ccccc1)C(C)c1ccc(O)cc1)c1ccc(O)cc1. The van der Waals surface area contributed by atoms with Crippen molar-refractivity contribution >= 4 is 17.8 Å². The molecule has 0 spiro atoms. The van der Waals surface area contributed by atoms with E-state index in [1.807, 2.05) is 74.5 Å². The van der Waals surface area contributed by atoms with E-state index in [4.69, 9.17) is 11.5 Å². The van der Waals surface area contributed by atoms with E-state index >= 15 is 4.79 Å². The van der Waals surface area contributed by atoms with Crippen molar-refractivity contribution in [3.8, 4) is 11.5 Å². The summed E-state index contributed by atoms with van der Waals surface area (Å²) >= 11 is 0. The fourth-order valence-electron chi connectivity index (χ4n) is 5.49. The minimum atomic E-state index is -0.898. The maximum absolute atomic E-state index is 15.0. The molecule has 2 amide bonds. The third-order valence-electron chi connectivity index (χ3n) is 7.88. The van der Waals surface area contributed by atoms with Crippen LogP contribution in [-0.2, 0) is 9.59 Å². The summed E-state index contributed by atoms with van der Waals surface area (Å²) < 4.78 is 0. The van der Waals surface area contributed by atoms with Gasteiger partial charge in [0.1, 0.15) is 17.5 Å². The molecule has 0 aromatic heterocycles. The first kappa shape index (κ1) is 32.6. The van der Waals surface area contributed by atoms with E-state index in [2.05, 4.69) is 10.3 Å². The highest BCUT2D eigenvalue weighted by atomic mass is 16.3. The van der Waals surface area contributed by atoms with E-state index in [1.54, 1.807) is 53.4 Å². The van der Waals surface area contributed by atoms with E-state index in [0.717, 1.165) is 22.3 Å². The van der Waals surface area contributed by atoms with Crippen molar-refractivity contribution in [3.63, 3.8) is 0 Å². The van der Waals surface area contributed by atoms with Crippen LogP contribution in [0.2, 0.25) is 0 Å². The number of phenolic OH excluding ortho intramolecular Hbond substituents is 2. The lowest BCUT2D eigenvalue weighted by Crippen LogP contribution is -2.52. The van der Waals surface area contributed by atoms with Crippen molar-refractivity contribution in [1.29, 1.82) is 0 Å². The summed E-state index contributed by atoms with van der Waals surface area (Å²) in [6.07, 6.45) is 0.729. The van der Waals surface area contributed by atoms with Gasteiger partial charge in [0, 0.05) is 6.54 Å². The molecule has 0 heterocycles. The summed E-state index contributed by atoms with van der Waals surface area (Å²) in [4.78, 5) is 35.0. The number of nitrogens with one attached hydrogen (secondary N) is 1. The number of carbonyl (C=O) groups excluding carboxylic acids is 2. The first-order valence-corrected chi connectivity index (χ1v) is 15.0. The summed E-state index contributed by atoms with van der Waals surface area (Å²) in [5.74, 6) is -1.08. The molecule has 234 valence electrons. The average molecular weight is 608 g/mol. The van der Waals surface area contributed by atoms with Crippen LogP contribution >= 0.6 is 0 Å². The Morgan fingerprint density at radius 2 is 1.22 bits per heavy atom. The van der Waals surface area contributed by atoms with Gasteiger partial charge in [-0.15, -0.1) is 0 Å². The van der Waals surface area contributed by atoms with Crippen LogP contribution in [0.1, 0.15) is 66.9 Å². The third-order valence-corrected chi connectivity index (χ3v) is 7.88. The number of benzene rings is 4. The van der Waals surface area contributed by atoms with E-state index in [-0.39, 0.29) is 42.2 Å². The van der Waals surface area contributed by atoms with Crippen LogP contribution in [0.4, 0.5) is 0 Å². The van der Waals surface area contributed by atoms with Crippen molar-refractivity contribution in [3.05, 3.63) is 131 Å². The molecule has 0 radical (unpaired) electrons. The molecule has 0 fully saturated rings. The first-order valence-electron chi connectivity index (χ1n) is 15.0. The standard InChI is InChI=1S/C36H41N5O4/c1-24(26-15-19-30(42)20-16-26)40-34(44)32(14-9-23-39-36(37)38)41(25(2)27-17-21-31(43)22-18-27)35(45)33(28-10-5-3-6-11-28)29-12-7-4-8-13-29/h3-8,10-13,15-22,24-25,32-33,42-43H,9,14,23H2,1-2H3,(H,40,44)(H4,37,38,39)/t24?,25?,32-/m1/s1. The van der Waals surface area contributed by atoms with Gasteiger partial charge in [0.2, 0.25) is 11.8 Å². The van der Waals surface area contributed by atoms with Crippen LogP contribution in [0.15, 0.2) is 114 Å². The number of carbonyl (C=O) groups is 2. The van der Waals surface area contributed by atoms with Crippen LogP contribution < -0.4 is 16.8 Å². The number of hydrogen-bond donors (Lipinski definition) is 5. The summed E-state index contributed by atoms with van der Waals surface area (Å²) in [6.45, 7) is 4.03. The molecule has 2 unspecified atom stereocenters. The molecule has 0 aliphatic carbocycles. The smallest absolute Gasteiger partial charge is 0.243 e. The molecule has 0 aliphatic heterocycles. The van der Waals surface area contributed by atoms with Gasteiger partial charge in [0.15, 0.2) is 5.96 Å². The summed E-state index contributed by atoms with van der Waals surface area (Å²) in [5.41, 5.74) is 14.3. The second-order valence-corrected chi connectivity index (χ2v) is 11.1. The zero-order valence-corrected chi connectivity index (χ0v) is 25.6. The Labute approximate surface area is 264 Å². The lowest BCUT2D eigenvalue weighted by atomic mass is 9.88. The van der Waals surface area contributed by atoms with Crippen LogP contribution in [0.3, 0.4) is 0 Å². The lowest BCUT2D eigenvalue weighted by molar-refractivity contribution is -0.144. The minimum Gasteiger partial charge on any atom is -0.508 e. The molecule has 3 atom stereocenters. The highest BCUT2D eigenvalue weighted by Crippen LogP contribution is 2.34. The maximum Gasteiger partial charge on any atom is 0.243 e. The molecule has 9 heteroatoms. The fourth-order valence-corrected chi connectivity index (χ4v) is 5.49. The normalized spacial score (nSPS) is 13.0. The molecule has 45 heavy (non-hydrogen) atoms. The molecule has 9 nitrogen and oxygen atoms in total. The van der Waals surface area contributed by atoms with Crippen molar-refractivity contribution < 1.29 is 19.8 Å². The molecular formula is C36H41N5O4. The maximum atomic E-state index is 15.0. The highest BCUT2D eigenvalue weighted by molar-refractivity contribution is 5.93. The van der Waals surface area contributed by atoms with Gasteiger partial charge in [-0.3, -0.25) is 14.6 Å². The van der Waals surface area contributed by atoms with Gasteiger partial charge in [-0.2, -0.15) is 0 Å². The molecule has 0 saturated carbocycles.